The van der Waals surface area contributed by atoms with Crippen LogP contribution < -0.4 is 9.78 Å². The highest BCUT2D eigenvalue weighted by atomic mass is 17.2. The van der Waals surface area contributed by atoms with E-state index < -0.39 is 0 Å². The van der Waals surface area contributed by atoms with Crippen molar-refractivity contribution in [3.63, 3.8) is 0 Å². The third kappa shape index (κ3) is 2.55. The van der Waals surface area contributed by atoms with Crippen LogP contribution in [-0.2, 0) is 0 Å². The first-order valence-electron chi connectivity index (χ1n) is 5.28. The summed E-state index contributed by atoms with van der Waals surface area (Å²) < 4.78 is 0. The molecule has 0 bridgehead atoms. The van der Waals surface area contributed by atoms with Crippen LogP contribution in [0.5, 0.6) is 11.5 Å². The number of carbonyl (C=O) groups is 2. The molecule has 4 nitrogen and oxygen atoms in total. The molecule has 2 aromatic carbocycles. The standard InChI is InChI=1S/C14H10O4/c15-9-11-5-1-3-7-13(11)17-18-14-8-4-2-6-12(14)10-16/h1-10H. The Morgan fingerprint density at radius 1 is 0.667 bits per heavy atom. The van der Waals surface area contributed by atoms with Crippen molar-refractivity contribution in [2.75, 3.05) is 0 Å². The summed E-state index contributed by atoms with van der Waals surface area (Å²) in [6.45, 7) is 0. The molecule has 0 fully saturated rings. The van der Waals surface area contributed by atoms with Gasteiger partial charge in [0.25, 0.3) is 0 Å². The average molecular weight is 242 g/mol. The SMILES string of the molecule is O=Cc1ccccc1OOc1ccccc1C=O. The summed E-state index contributed by atoms with van der Waals surface area (Å²) in [4.78, 5) is 31.7. The van der Waals surface area contributed by atoms with Crippen molar-refractivity contribution < 1.29 is 19.4 Å². The van der Waals surface area contributed by atoms with E-state index in [4.69, 9.17) is 9.78 Å². The number of para-hydroxylation sites is 2. The van der Waals surface area contributed by atoms with E-state index in [-0.39, 0.29) is 0 Å². The minimum atomic E-state index is 0.299. The molecule has 0 saturated carbocycles. The lowest BCUT2D eigenvalue weighted by Crippen LogP contribution is -2.04. The third-order valence-corrected chi connectivity index (χ3v) is 2.31. The summed E-state index contributed by atoms with van der Waals surface area (Å²) in [5, 5.41) is 0. The fourth-order valence-electron chi connectivity index (χ4n) is 1.40. The predicted octanol–water partition coefficient (Wildman–Crippen LogP) is 2.68. The number of benzene rings is 2. The Labute approximate surface area is 104 Å². The van der Waals surface area contributed by atoms with E-state index in [1.807, 2.05) is 0 Å². The molecule has 0 unspecified atom stereocenters. The monoisotopic (exact) mass is 242 g/mol. The van der Waals surface area contributed by atoms with Gasteiger partial charge in [0, 0.05) is 0 Å². The Hall–Kier alpha value is -2.62. The second kappa shape index (κ2) is 5.63. The van der Waals surface area contributed by atoms with Crippen molar-refractivity contribution in [3.8, 4) is 11.5 Å². The maximum absolute atomic E-state index is 10.8. The van der Waals surface area contributed by atoms with Crippen LogP contribution in [0.1, 0.15) is 20.7 Å². The number of aldehydes is 2. The molecule has 0 amide bonds. The number of hydrogen-bond acceptors (Lipinski definition) is 4. The Morgan fingerprint density at radius 2 is 1.06 bits per heavy atom. The first kappa shape index (κ1) is 11.9. The zero-order valence-corrected chi connectivity index (χ0v) is 9.41. The van der Waals surface area contributed by atoms with E-state index in [1.54, 1.807) is 48.5 Å². The van der Waals surface area contributed by atoms with Crippen LogP contribution in [-0.4, -0.2) is 12.6 Å². The molecule has 2 aromatic rings. The summed E-state index contributed by atoms with van der Waals surface area (Å²) in [5.74, 6) is 0.599. The van der Waals surface area contributed by atoms with Gasteiger partial charge in [0.2, 0.25) is 0 Å². The van der Waals surface area contributed by atoms with Crippen LogP contribution in [0.4, 0.5) is 0 Å². The third-order valence-electron chi connectivity index (χ3n) is 2.31. The molecule has 0 aromatic heterocycles. The van der Waals surface area contributed by atoms with E-state index in [0.29, 0.717) is 35.2 Å². The van der Waals surface area contributed by atoms with Crippen molar-refractivity contribution in [3.05, 3.63) is 59.7 Å². The van der Waals surface area contributed by atoms with Crippen molar-refractivity contribution in [2.45, 2.75) is 0 Å². The molecule has 0 heterocycles. The van der Waals surface area contributed by atoms with E-state index in [2.05, 4.69) is 0 Å². The molecular formula is C14H10O4. The van der Waals surface area contributed by atoms with Gasteiger partial charge in [-0.05, 0) is 24.3 Å². The highest BCUT2D eigenvalue weighted by Crippen LogP contribution is 2.20. The lowest BCUT2D eigenvalue weighted by molar-refractivity contribution is -0.100. The van der Waals surface area contributed by atoms with Crippen molar-refractivity contribution in [1.29, 1.82) is 0 Å². The zero-order valence-electron chi connectivity index (χ0n) is 9.41. The predicted molar refractivity (Wildman–Crippen MR) is 64.9 cm³/mol. The molecule has 0 aliphatic carbocycles. The largest absolute Gasteiger partial charge is 0.298 e. The number of carbonyl (C=O) groups excluding carboxylic acids is 2. The maximum atomic E-state index is 10.8. The summed E-state index contributed by atoms with van der Waals surface area (Å²) in [5.41, 5.74) is 0.752. The zero-order chi connectivity index (χ0) is 12.8. The molecule has 0 radical (unpaired) electrons. The molecule has 2 rings (SSSR count). The quantitative estimate of drug-likeness (QED) is 0.459. The fraction of sp³-hybridized carbons (Fsp3) is 0. The van der Waals surface area contributed by atoms with Crippen LogP contribution in [0, 0.1) is 0 Å². The summed E-state index contributed by atoms with van der Waals surface area (Å²) in [6.07, 6.45) is 1.34. The minimum absolute atomic E-state index is 0.299. The van der Waals surface area contributed by atoms with Crippen molar-refractivity contribution in [1.82, 2.24) is 0 Å². The van der Waals surface area contributed by atoms with Gasteiger partial charge in [0.05, 0.1) is 11.1 Å². The van der Waals surface area contributed by atoms with E-state index >= 15 is 0 Å². The molecule has 0 saturated heterocycles. The van der Waals surface area contributed by atoms with E-state index in [0.717, 1.165) is 0 Å². The second-order valence-corrected chi connectivity index (χ2v) is 3.48. The lowest BCUT2D eigenvalue weighted by atomic mass is 10.2. The van der Waals surface area contributed by atoms with Crippen LogP contribution >= 0.6 is 0 Å². The topological polar surface area (TPSA) is 52.6 Å². The summed E-state index contributed by atoms with van der Waals surface area (Å²) in [6, 6.07) is 13.3. The van der Waals surface area contributed by atoms with Gasteiger partial charge in [0.15, 0.2) is 24.1 Å². The molecule has 90 valence electrons. The lowest BCUT2D eigenvalue weighted by Gasteiger charge is -2.08. The number of hydrogen-bond donors (Lipinski definition) is 0. The molecule has 4 heteroatoms. The Morgan fingerprint density at radius 3 is 1.44 bits per heavy atom. The van der Waals surface area contributed by atoms with Gasteiger partial charge in [0.1, 0.15) is 0 Å². The van der Waals surface area contributed by atoms with E-state index in [9.17, 15) is 9.59 Å². The van der Waals surface area contributed by atoms with Gasteiger partial charge < -0.3 is 0 Å². The maximum Gasteiger partial charge on any atom is 0.189 e. The summed E-state index contributed by atoms with van der Waals surface area (Å²) in [7, 11) is 0. The molecule has 0 atom stereocenters. The normalized spacial score (nSPS) is 9.56. The van der Waals surface area contributed by atoms with Crippen molar-refractivity contribution in [2.24, 2.45) is 0 Å². The molecule has 0 N–H and O–H groups in total. The molecule has 0 spiro atoms. The van der Waals surface area contributed by atoms with Gasteiger partial charge in [-0.15, -0.1) is 0 Å². The van der Waals surface area contributed by atoms with Gasteiger partial charge in [-0.2, -0.15) is 0 Å². The first-order valence-corrected chi connectivity index (χ1v) is 5.28. The van der Waals surface area contributed by atoms with Gasteiger partial charge in [-0.3, -0.25) is 19.4 Å². The van der Waals surface area contributed by atoms with Crippen LogP contribution in [0.2, 0.25) is 0 Å². The molecular weight excluding hydrogens is 232 g/mol. The first-order chi connectivity index (χ1) is 8.85. The minimum Gasteiger partial charge on any atom is -0.298 e. The molecule has 0 aliphatic rings. The van der Waals surface area contributed by atoms with Gasteiger partial charge >= 0.3 is 0 Å². The number of rotatable bonds is 5. The highest BCUT2D eigenvalue weighted by molar-refractivity contribution is 5.79. The van der Waals surface area contributed by atoms with Crippen LogP contribution in [0.15, 0.2) is 48.5 Å². The highest BCUT2D eigenvalue weighted by Gasteiger charge is 2.06. The fourth-order valence-corrected chi connectivity index (χ4v) is 1.40. The van der Waals surface area contributed by atoms with E-state index in [1.165, 1.54) is 0 Å². The Balaban J connectivity index is 2.16. The Bertz CT molecular complexity index is 512. The summed E-state index contributed by atoms with van der Waals surface area (Å²) >= 11 is 0. The average Bonchev–Trinajstić information content (AvgIpc) is 2.45. The Kier molecular flexibility index (Phi) is 3.71. The van der Waals surface area contributed by atoms with Gasteiger partial charge in [-0.25, -0.2) is 0 Å². The van der Waals surface area contributed by atoms with Crippen LogP contribution in [0.3, 0.4) is 0 Å². The second-order valence-electron chi connectivity index (χ2n) is 3.48. The molecule has 18 heavy (non-hydrogen) atoms. The smallest absolute Gasteiger partial charge is 0.189 e. The van der Waals surface area contributed by atoms with Gasteiger partial charge in [-0.1, -0.05) is 24.3 Å². The van der Waals surface area contributed by atoms with Crippen molar-refractivity contribution >= 4 is 12.6 Å². The molecule has 0 aliphatic heterocycles. The van der Waals surface area contributed by atoms with Crippen LogP contribution in [0.25, 0.3) is 0 Å².